The second kappa shape index (κ2) is 6.33. The van der Waals surface area contributed by atoms with Crippen LogP contribution in [0.15, 0.2) is 50.1 Å². The van der Waals surface area contributed by atoms with E-state index in [9.17, 15) is 4.79 Å². The van der Waals surface area contributed by atoms with Gasteiger partial charge >= 0.3 is 0 Å². The highest BCUT2D eigenvalue weighted by Gasteiger charge is 2.18. The Kier molecular flexibility index (Phi) is 4.18. The average Bonchev–Trinajstić information content (AvgIpc) is 2.56. The first-order valence-electron chi connectivity index (χ1n) is 7.82. The molecule has 0 bridgehead atoms. The van der Waals surface area contributed by atoms with Crippen LogP contribution in [-0.4, -0.2) is 16.5 Å². The van der Waals surface area contributed by atoms with Gasteiger partial charge in [0, 0.05) is 21.2 Å². The van der Waals surface area contributed by atoms with Gasteiger partial charge in [-0.2, -0.15) is 0 Å². The van der Waals surface area contributed by atoms with Gasteiger partial charge in [0.25, 0.3) is 5.56 Å². The fourth-order valence-corrected chi connectivity index (χ4v) is 4.56. The lowest BCUT2D eigenvalue weighted by molar-refractivity contribution is 0.674. The number of fused-ring (bicyclic) bond motifs is 2. The van der Waals surface area contributed by atoms with Crippen molar-refractivity contribution in [3.05, 3.63) is 67.1 Å². The van der Waals surface area contributed by atoms with Gasteiger partial charge in [0.2, 0.25) is 0 Å². The Hall–Kier alpha value is -1.66. The molecule has 1 N–H and O–H groups in total. The molecule has 1 aromatic heterocycles. The molecular weight excluding hydrogens is 434 g/mol. The number of aromatic amines is 1. The van der Waals surface area contributed by atoms with Gasteiger partial charge in [-0.25, -0.2) is 4.98 Å². The molecule has 4 nitrogen and oxygen atoms in total. The number of H-pyrrole nitrogens is 1. The van der Waals surface area contributed by atoms with Gasteiger partial charge < -0.3 is 9.88 Å². The predicted molar refractivity (Wildman–Crippen MR) is 104 cm³/mol. The minimum Gasteiger partial charge on any atom is -0.364 e. The predicted octanol–water partition coefficient (Wildman–Crippen LogP) is 4.40. The summed E-state index contributed by atoms with van der Waals surface area (Å²) in [5, 5.41) is 0.582. The molecule has 6 heteroatoms. The maximum Gasteiger partial charge on any atom is 0.258 e. The van der Waals surface area contributed by atoms with Gasteiger partial charge in [-0.05, 0) is 52.5 Å². The van der Waals surface area contributed by atoms with Crippen molar-refractivity contribution in [3.63, 3.8) is 0 Å². The van der Waals surface area contributed by atoms with E-state index in [1.807, 2.05) is 6.07 Å². The molecule has 1 aliphatic rings. The zero-order valence-corrected chi connectivity index (χ0v) is 16.0. The quantitative estimate of drug-likeness (QED) is 0.631. The van der Waals surface area contributed by atoms with Gasteiger partial charge in [-0.15, -0.1) is 0 Å². The first kappa shape index (κ1) is 15.8. The van der Waals surface area contributed by atoms with Gasteiger partial charge in [0.05, 0.1) is 17.4 Å². The number of nitrogens with one attached hydrogen (secondary N) is 1. The summed E-state index contributed by atoms with van der Waals surface area (Å²) in [6.07, 6.45) is 2.22. The van der Waals surface area contributed by atoms with E-state index in [1.54, 1.807) is 6.07 Å². The van der Waals surface area contributed by atoms with Crippen LogP contribution in [0.5, 0.6) is 0 Å². The molecule has 1 aliphatic heterocycles. The molecule has 0 saturated carbocycles. The zero-order chi connectivity index (χ0) is 16.7. The molecule has 4 rings (SSSR count). The molecule has 0 fully saturated rings. The Morgan fingerprint density at radius 1 is 1.21 bits per heavy atom. The van der Waals surface area contributed by atoms with Crippen molar-refractivity contribution in [2.45, 2.75) is 19.4 Å². The molecule has 0 amide bonds. The molecule has 122 valence electrons. The molecular formula is C18H15Br2N3O. The number of rotatable bonds is 2. The van der Waals surface area contributed by atoms with E-state index >= 15 is 0 Å². The molecule has 0 unspecified atom stereocenters. The number of aryl methyl sites for hydroxylation is 1. The molecule has 2 aromatic carbocycles. The number of benzene rings is 2. The van der Waals surface area contributed by atoms with Gasteiger partial charge in [-0.1, -0.05) is 34.1 Å². The maximum absolute atomic E-state index is 12.4. The van der Waals surface area contributed by atoms with E-state index in [4.69, 9.17) is 0 Å². The first-order valence-corrected chi connectivity index (χ1v) is 9.41. The number of hydrogen-bond donors (Lipinski definition) is 1. The van der Waals surface area contributed by atoms with Crippen LogP contribution in [0.1, 0.15) is 17.8 Å². The largest absolute Gasteiger partial charge is 0.364 e. The smallest absolute Gasteiger partial charge is 0.258 e. The van der Waals surface area contributed by atoms with Crippen LogP contribution in [0, 0.1) is 0 Å². The Morgan fingerprint density at radius 2 is 2.04 bits per heavy atom. The zero-order valence-electron chi connectivity index (χ0n) is 12.9. The highest BCUT2D eigenvalue weighted by molar-refractivity contribution is 9.11. The lowest BCUT2D eigenvalue weighted by atomic mass is 10.0. The Morgan fingerprint density at radius 3 is 2.92 bits per heavy atom. The topological polar surface area (TPSA) is 49.0 Å². The van der Waals surface area contributed by atoms with Crippen molar-refractivity contribution in [2.75, 3.05) is 11.4 Å². The van der Waals surface area contributed by atoms with E-state index in [0.29, 0.717) is 23.3 Å². The van der Waals surface area contributed by atoms with Crippen molar-refractivity contribution in [3.8, 4) is 0 Å². The van der Waals surface area contributed by atoms with E-state index < -0.39 is 0 Å². The standard InChI is InChI=1S/C18H15Br2N3O/c19-12-8-13-17(14(20)9-12)21-16(22-18(13)24)10-23-7-3-5-11-4-1-2-6-15(11)23/h1-2,4,6,8-9H,3,5,7,10H2,(H,21,22,24). The summed E-state index contributed by atoms with van der Waals surface area (Å²) >= 11 is 6.92. The molecule has 3 aromatic rings. The van der Waals surface area contributed by atoms with Crippen LogP contribution in [0.2, 0.25) is 0 Å². The maximum atomic E-state index is 12.4. The van der Waals surface area contributed by atoms with Gasteiger partial charge in [0.1, 0.15) is 5.82 Å². The van der Waals surface area contributed by atoms with Crippen molar-refractivity contribution in [1.82, 2.24) is 9.97 Å². The number of aromatic nitrogens is 2. The SMILES string of the molecule is O=c1[nH]c(CN2CCCc3ccccc32)nc2c(Br)cc(Br)cc12. The summed E-state index contributed by atoms with van der Waals surface area (Å²) in [5.74, 6) is 0.687. The Bertz CT molecular complexity index is 984. The highest BCUT2D eigenvalue weighted by Crippen LogP contribution is 2.28. The number of para-hydroxylation sites is 1. The molecule has 0 radical (unpaired) electrons. The van der Waals surface area contributed by atoms with Crippen molar-refractivity contribution in [2.24, 2.45) is 0 Å². The van der Waals surface area contributed by atoms with Crippen LogP contribution < -0.4 is 10.5 Å². The number of anilines is 1. The van der Waals surface area contributed by atoms with Crippen molar-refractivity contribution >= 4 is 48.5 Å². The van der Waals surface area contributed by atoms with Gasteiger partial charge in [0.15, 0.2) is 0 Å². The van der Waals surface area contributed by atoms with E-state index in [0.717, 1.165) is 28.3 Å². The number of nitrogens with zero attached hydrogens (tertiary/aromatic N) is 2. The van der Waals surface area contributed by atoms with E-state index in [1.165, 1.54) is 11.3 Å². The summed E-state index contributed by atoms with van der Waals surface area (Å²) in [5.41, 5.74) is 3.18. The highest BCUT2D eigenvalue weighted by atomic mass is 79.9. The summed E-state index contributed by atoms with van der Waals surface area (Å²) in [7, 11) is 0. The second-order valence-corrected chi connectivity index (χ2v) is 7.72. The molecule has 0 spiro atoms. The fourth-order valence-electron chi connectivity index (χ4n) is 3.25. The Labute approximate surface area is 156 Å². The summed E-state index contributed by atoms with van der Waals surface area (Å²) < 4.78 is 1.67. The van der Waals surface area contributed by atoms with Crippen LogP contribution >= 0.6 is 31.9 Å². The third kappa shape index (κ3) is 2.89. The number of halogens is 2. The summed E-state index contributed by atoms with van der Waals surface area (Å²) in [4.78, 5) is 22.3. The number of hydrogen-bond acceptors (Lipinski definition) is 3. The van der Waals surface area contributed by atoms with Crippen molar-refractivity contribution < 1.29 is 0 Å². The second-order valence-electron chi connectivity index (χ2n) is 5.95. The lowest BCUT2D eigenvalue weighted by Crippen LogP contribution is -2.30. The normalized spacial score (nSPS) is 14.0. The van der Waals surface area contributed by atoms with Crippen LogP contribution in [0.3, 0.4) is 0 Å². The minimum atomic E-state index is -0.109. The third-order valence-corrected chi connectivity index (χ3v) is 5.39. The summed E-state index contributed by atoms with van der Waals surface area (Å²) in [6.45, 7) is 1.57. The lowest BCUT2D eigenvalue weighted by Gasteiger charge is -2.30. The fraction of sp³-hybridized carbons (Fsp3) is 0.222. The average molecular weight is 449 g/mol. The minimum absolute atomic E-state index is 0.109. The summed E-state index contributed by atoms with van der Waals surface area (Å²) in [6, 6.07) is 12.2. The van der Waals surface area contributed by atoms with Gasteiger partial charge in [-0.3, -0.25) is 4.79 Å². The van der Waals surface area contributed by atoms with Crippen molar-refractivity contribution in [1.29, 1.82) is 0 Å². The van der Waals surface area contributed by atoms with Crippen LogP contribution in [0.4, 0.5) is 5.69 Å². The first-order chi connectivity index (χ1) is 11.6. The van der Waals surface area contributed by atoms with E-state index in [-0.39, 0.29) is 5.56 Å². The molecule has 2 heterocycles. The molecule has 24 heavy (non-hydrogen) atoms. The van der Waals surface area contributed by atoms with Crippen LogP contribution in [0.25, 0.3) is 10.9 Å². The monoisotopic (exact) mass is 447 g/mol. The van der Waals surface area contributed by atoms with E-state index in [2.05, 4.69) is 71.0 Å². The molecule has 0 atom stereocenters. The Balaban J connectivity index is 1.75. The molecule has 0 saturated heterocycles. The molecule has 0 aliphatic carbocycles. The third-order valence-electron chi connectivity index (χ3n) is 4.32. The van der Waals surface area contributed by atoms with Crippen LogP contribution in [-0.2, 0) is 13.0 Å².